The fourth-order valence-electron chi connectivity index (χ4n) is 1.02. The number of halogens is 1. The second-order valence-corrected chi connectivity index (χ2v) is 4.11. The Morgan fingerprint density at radius 2 is 2.33 bits per heavy atom. The molecule has 74 valence electrons. The van der Waals surface area contributed by atoms with Gasteiger partial charge in [0, 0.05) is 9.92 Å². The summed E-state index contributed by atoms with van der Waals surface area (Å²) in [6.07, 6.45) is 1.42. The van der Waals surface area contributed by atoms with Crippen molar-refractivity contribution in [2.45, 2.75) is 10.1 Å². The molecule has 2 aromatic rings. The maximum absolute atomic E-state index is 8.89. The number of nitriles is 1. The molecule has 0 fully saturated rings. The van der Waals surface area contributed by atoms with Crippen LogP contribution >= 0.6 is 23.4 Å². The van der Waals surface area contributed by atoms with Gasteiger partial charge < -0.3 is 0 Å². The molecule has 1 N–H and O–H groups in total. The molecule has 0 aliphatic heterocycles. The minimum absolute atomic E-state index is 0.570. The normalized spacial score (nSPS) is 9.87. The Morgan fingerprint density at radius 1 is 1.47 bits per heavy atom. The van der Waals surface area contributed by atoms with Crippen LogP contribution in [0.4, 0.5) is 0 Å². The lowest BCUT2D eigenvalue weighted by atomic mass is 10.2. The molecule has 0 atom stereocenters. The first kappa shape index (κ1) is 10.0. The van der Waals surface area contributed by atoms with Crippen LogP contribution in [0.2, 0.25) is 5.02 Å². The Balaban J connectivity index is 2.35. The number of H-pyrrole nitrogens is 1. The first-order valence-electron chi connectivity index (χ1n) is 4.02. The zero-order chi connectivity index (χ0) is 10.7. The fraction of sp³-hybridized carbons (Fsp3) is 0. The van der Waals surface area contributed by atoms with Crippen LogP contribution in [0.3, 0.4) is 0 Å². The molecule has 0 radical (unpaired) electrons. The van der Waals surface area contributed by atoms with Crippen LogP contribution in [-0.2, 0) is 0 Å². The van der Waals surface area contributed by atoms with Crippen molar-refractivity contribution < 1.29 is 0 Å². The largest absolute Gasteiger partial charge is 0.254 e. The molecule has 4 nitrogen and oxygen atoms in total. The molecular weight excluding hydrogens is 232 g/mol. The van der Waals surface area contributed by atoms with Crippen molar-refractivity contribution in [1.29, 1.82) is 5.26 Å². The first-order chi connectivity index (χ1) is 7.29. The lowest BCUT2D eigenvalue weighted by Gasteiger charge is -2.00. The van der Waals surface area contributed by atoms with E-state index in [-0.39, 0.29) is 0 Å². The predicted octanol–water partition coefficient (Wildman–Crippen LogP) is 2.48. The van der Waals surface area contributed by atoms with E-state index < -0.39 is 0 Å². The van der Waals surface area contributed by atoms with Gasteiger partial charge in [-0.1, -0.05) is 11.6 Å². The lowest BCUT2D eigenvalue weighted by molar-refractivity contribution is 0.973. The molecule has 0 amide bonds. The van der Waals surface area contributed by atoms with Crippen molar-refractivity contribution in [3.05, 3.63) is 35.1 Å². The zero-order valence-electron chi connectivity index (χ0n) is 7.44. The second kappa shape index (κ2) is 4.34. The molecular formula is C9H5ClN4S. The molecule has 1 heterocycles. The van der Waals surface area contributed by atoms with Gasteiger partial charge in [0.25, 0.3) is 0 Å². The summed E-state index contributed by atoms with van der Waals surface area (Å²) in [7, 11) is 0. The third kappa shape index (κ3) is 2.29. The molecule has 0 spiro atoms. The summed E-state index contributed by atoms with van der Waals surface area (Å²) in [5.41, 5.74) is 0.570. The maximum atomic E-state index is 8.89. The topological polar surface area (TPSA) is 65.4 Å². The Bertz CT molecular complexity index is 503. The molecule has 0 bridgehead atoms. The summed E-state index contributed by atoms with van der Waals surface area (Å²) in [4.78, 5) is 4.73. The smallest absolute Gasteiger partial charge is 0.188 e. The van der Waals surface area contributed by atoms with Gasteiger partial charge >= 0.3 is 0 Å². The highest BCUT2D eigenvalue weighted by Gasteiger charge is 2.06. The van der Waals surface area contributed by atoms with Gasteiger partial charge in [-0.2, -0.15) is 10.4 Å². The van der Waals surface area contributed by atoms with Gasteiger partial charge in [0.05, 0.1) is 5.56 Å². The Hall–Kier alpha value is -1.51. The van der Waals surface area contributed by atoms with Gasteiger partial charge in [-0.15, -0.1) is 0 Å². The van der Waals surface area contributed by atoms with Crippen LogP contribution in [0.25, 0.3) is 0 Å². The number of aromatic nitrogens is 3. The van der Waals surface area contributed by atoms with Gasteiger partial charge in [0.1, 0.15) is 12.4 Å². The van der Waals surface area contributed by atoms with Gasteiger partial charge in [0.15, 0.2) is 5.16 Å². The molecule has 15 heavy (non-hydrogen) atoms. The van der Waals surface area contributed by atoms with Crippen molar-refractivity contribution in [2.75, 3.05) is 0 Å². The summed E-state index contributed by atoms with van der Waals surface area (Å²) in [6.45, 7) is 0. The average Bonchev–Trinajstić information content (AvgIpc) is 2.71. The molecule has 0 unspecified atom stereocenters. The van der Waals surface area contributed by atoms with E-state index in [1.807, 2.05) is 0 Å². The van der Waals surface area contributed by atoms with Crippen LogP contribution in [-0.4, -0.2) is 15.2 Å². The third-order valence-electron chi connectivity index (χ3n) is 1.66. The van der Waals surface area contributed by atoms with Crippen LogP contribution in [0.15, 0.2) is 34.6 Å². The Morgan fingerprint density at radius 3 is 3.00 bits per heavy atom. The minimum atomic E-state index is 0.570. The van der Waals surface area contributed by atoms with Crippen molar-refractivity contribution in [3.8, 4) is 6.07 Å². The summed E-state index contributed by atoms with van der Waals surface area (Å²) < 4.78 is 0. The van der Waals surface area contributed by atoms with Crippen molar-refractivity contribution in [3.63, 3.8) is 0 Å². The minimum Gasteiger partial charge on any atom is -0.254 e. The zero-order valence-corrected chi connectivity index (χ0v) is 9.01. The van der Waals surface area contributed by atoms with Crippen LogP contribution in [0.5, 0.6) is 0 Å². The summed E-state index contributed by atoms with van der Waals surface area (Å²) in [5, 5.41) is 16.5. The number of benzene rings is 1. The van der Waals surface area contributed by atoms with E-state index in [0.717, 1.165) is 4.90 Å². The van der Waals surface area contributed by atoms with Crippen LogP contribution in [0.1, 0.15) is 5.56 Å². The van der Waals surface area contributed by atoms with Crippen LogP contribution in [0, 0.1) is 11.3 Å². The standard InChI is InChI=1S/C9H5ClN4S/c10-7-2-1-6(4-11)8(3-7)15-9-12-5-13-14-9/h1-3,5H,(H,12,13,14). The average molecular weight is 237 g/mol. The van der Waals surface area contributed by atoms with E-state index in [9.17, 15) is 0 Å². The summed E-state index contributed by atoms with van der Waals surface area (Å²) in [5.74, 6) is 0. The molecule has 6 heteroatoms. The highest BCUT2D eigenvalue weighted by molar-refractivity contribution is 7.99. The van der Waals surface area contributed by atoms with E-state index in [0.29, 0.717) is 15.7 Å². The van der Waals surface area contributed by atoms with Crippen molar-refractivity contribution >= 4 is 23.4 Å². The highest BCUT2D eigenvalue weighted by Crippen LogP contribution is 2.29. The summed E-state index contributed by atoms with van der Waals surface area (Å²) in [6, 6.07) is 7.19. The summed E-state index contributed by atoms with van der Waals surface area (Å²) >= 11 is 7.17. The maximum Gasteiger partial charge on any atom is 0.188 e. The van der Waals surface area contributed by atoms with Gasteiger partial charge in [-0.3, -0.25) is 5.10 Å². The van der Waals surface area contributed by atoms with Gasteiger partial charge in [-0.25, -0.2) is 4.98 Å². The van der Waals surface area contributed by atoms with Gasteiger partial charge in [0.2, 0.25) is 0 Å². The quantitative estimate of drug-likeness (QED) is 0.870. The number of aromatic amines is 1. The molecule has 1 aromatic heterocycles. The van der Waals surface area contributed by atoms with E-state index in [2.05, 4.69) is 21.3 Å². The molecule has 0 saturated carbocycles. The van der Waals surface area contributed by atoms with Crippen molar-refractivity contribution in [1.82, 2.24) is 15.2 Å². The van der Waals surface area contributed by atoms with E-state index in [1.165, 1.54) is 18.1 Å². The molecule has 0 aliphatic rings. The molecule has 0 saturated heterocycles. The van der Waals surface area contributed by atoms with Crippen molar-refractivity contribution in [2.24, 2.45) is 0 Å². The van der Waals surface area contributed by atoms with E-state index in [1.54, 1.807) is 18.2 Å². The first-order valence-corrected chi connectivity index (χ1v) is 5.22. The second-order valence-electron chi connectivity index (χ2n) is 2.64. The SMILES string of the molecule is N#Cc1ccc(Cl)cc1Sc1ncn[nH]1. The number of hydrogen-bond donors (Lipinski definition) is 1. The predicted molar refractivity (Wildman–Crippen MR) is 56.7 cm³/mol. The number of hydrogen-bond acceptors (Lipinski definition) is 4. The third-order valence-corrected chi connectivity index (χ3v) is 2.85. The number of rotatable bonds is 2. The molecule has 0 aliphatic carbocycles. The monoisotopic (exact) mass is 236 g/mol. The van der Waals surface area contributed by atoms with E-state index >= 15 is 0 Å². The Labute approximate surface area is 95.3 Å². The fourth-order valence-corrected chi connectivity index (χ4v) is 2.07. The van der Waals surface area contributed by atoms with Crippen LogP contribution < -0.4 is 0 Å². The molecule has 1 aromatic carbocycles. The van der Waals surface area contributed by atoms with Gasteiger partial charge in [-0.05, 0) is 30.0 Å². The number of nitrogens with zero attached hydrogens (tertiary/aromatic N) is 3. The molecule has 2 rings (SSSR count). The number of nitrogens with one attached hydrogen (secondary N) is 1. The van der Waals surface area contributed by atoms with E-state index in [4.69, 9.17) is 16.9 Å². The highest BCUT2D eigenvalue weighted by atomic mass is 35.5. The Kier molecular flexibility index (Phi) is 2.90. The lowest BCUT2D eigenvalue weighted by Crippen LogP contribution is -1.82.